The fourth-order valence-electron chi connectivity index (χ4n) is 3.38. The molecule has 0 aromatic heterocycles. The van der Waals surface area contributed by atoms with Crippen LogP contribution in [-0.4, -0.2) is 22.2 Å². The van der Waals surface area contributed by atoms with E-state index in [0.29, 0.717) is 34.7 Å². The molecule has 1 heterocycles. The number of halogens is 3. The second kappa shape index (κ2) is 9.56. The van der Waals surface area contributed by atoms with E-state index in [1.807, 2.05) is 12.1 Å². The molecule has 0 aliphatic carbocycles. The first-order valence-corrected chi connectivity index (χ1v) is 10.7. The molecule has 0 bridgehead atoms. The lowest BCUT2D eigenvalue weighted by molar-refractivity contribution is -0.137. The standard InChI is InChI=1S/C22H23F3N4O2S/c1-13(30)28-21-29(12-15-2-7-16(8-3-15)22(23,24)25)18(19(32-21)20(27)31)11-6-14-4-9-17(26)10-5-14/h2-5,7-10,21H,6,11-12,26H2,1H3,(H2,27,31)(H,28,30). The van der Waals surface area contributed by atoms with E-state index in [2.05, 4.69) is 5.32 Å². The monoisotopic (exact) mass is 464 g/mol. The van der Waals surface area contributed by atoms with Crippen molar-refractivity contribution in [2.24, 2.45) is 5.73 Å². The number of nitrogen functional groups attached to an aromatic ring is 1. The van der Waals surface area contributed by atoms with Crippen molar-refractivity contribution >= 4 is 29.3 Å². The normalized spacial score (nSPS) is 16.4. The van der Waals surface area contributed by atoms with Crippen molar-refractivity contribution in [2.75, 3.05) is 5.73 Å². The van der Waals surface area contributed by atoms with Gasteiger partial charge < -0.3 is 21.7 Å². The van der Waals surface area contributed by atoms with Crippen LogP contribution in [-0.2, 0) is 28.7 Å². The molecule has 10 heteroatoms. The fourth-order valence-corrected chi connectivity index (χ4v) is 4.62. The van der Waals surface area contributed by atoms with Crippen LogP contribution in [0.5, 0.6) is 0 Å². The summed E-state index contributed by atoms with van der Waals surface area (Å²) >= 11 is 1.13. The average Bonchev–Trinajstić information content (AvgIpc) is 3.04. The van der Waals surface area contributed by atoms with Crippen LogP contribution in [0.1, 0.15) is 30.0 Å². The Morgan fingerprint density at radius 2 is 1.62 bits per heavy atom. The van der Waals surface area contributed by atoms with Crippen molar-refractivity contribution in [3.63, 3.8) is 0 Å². The largest absolute Gasteiger partial charge is 0.416 e. The number of nitrogens with one attached hydrogen (secondary N) is 1. The number of rotatable bonds is 7. The number of amides is 2. The van der Waals surface area contributed by atoms with Crippen LogP contribution in [0.4, 0.5) is 18.9 Å². The van der Waals surface area contributed by atoms with Gasteiger partial charge in [-0.2, -0.15) is 13.2 Å². The van der Waals surface area contributed by atoms with Gasteiger partial charge in [0.15, 0.2) is 5.50 Å². The highest BCUT2D eigenvalue weighted by molar-refractivity contribution is 8.04. The number of benzene rings is 2. The number of nitrogens with zero attached hydrogens (tertiary/aromatic N) is 1. The predicted molar refractivity (Wildman–Crippen MR) is 118 cm³/mol. The number of carbonyl (C=O) groups is 2. The van der Waals surface area contributed by atoms with Gasteiger partial charge in [0.05, 0.1) is 10.5 Å². The molecule has 0 radical (unpaired) electrons. The smallest absolute Gasteiger partial charge is 0.399 e. The van der Waals surface area contributed by atoms with E-state index in [9.17, 15) is 22.8 Å². The van der Waals surface area contributed by atoms with Gasteiger partial charge in [-0.3, -0.25) is 9.59 Å². The number of carbonyl (C=O) groups excluding carboxylic acids is 2. The van der Waals surface area contributed by atoms with E-state index in [4.69, 9.17) is 11.5 Å². The Bertz CT molecular complexity index is 1020. The molecule has 5 N–H and O–H groups in total. The Balaban J connectivity index is 1.87. The van der Waals surface area contributed by atoms with Crippen LogP contribution in [0.2, 0.25) is 0 Å². The Hall–Kier alpha value is -3.14. The number of aryl methyl sites for hydroxylation is 1. The number of allylic oxidation sites excluding steroid dienone is 1. The third-order valence-corrected chi connectivity index (χ3v) is 6.20. The number of primary amides is 1. The first-order valence-electron chi connectivity index (χ1n) is 9.78. The Labute approximate surface area is 187 Å². The van der Waals surface area contributed by atoms with Crippen LogP contribution in [0.25, 0.3) is 0 Å². The number of thioether (sulfide) groups is 1. The van der Waals surface area contributed by atoms with Crippen molar-refractivity contribution in [3.05, 3.63) is 75.8 Å². The lowest BCUT2D eigenvalue weighted by atomic mass is 10.1. The van der Waals surface area contributed by atoms with Gasteiger partial charge in [0, 0.05) is 24.9 Å². The molecular weight excluding hydrogens is 441 g/mol. The second-order valence-corrected chi connectivity index (χ2v) is 8.47. The van der Waals surface area contributed by atoms with Gasteiger partial charge in [-0.05, 0) is 48.2 Å². The lowest BCUT2D eigenvalue weighted by Gasteiger charge is -2.29. The summed E-state index contributed by atoms with van der Waals surface area (Å²) in [5, 5.41) is 2.77. The van der Waals surface area contributed by atoms with Gasteiger partial charge in [-0.15, -0.1) is 0 Å². The minimum absolute atomic E-state index is 0.198. The molecule has 2 amide bonds. The zero-order chi connectivity index (χ0) is 23.5. The van der Waals surface area contributed by atoms with Crippen molar-refractivity contribution in [1.82, 2.24) is 10.2 Å². The molecule has 6 nitrogen and oxygen atoms in total. The highest BCUT2D eigenvalue weighted by atomic mass is 32.2. The summed E-state index contributed by atoms with van der Waals surface area (Å²) in [7, 11) is 0. The molecule has 32 heavy (non-hydrogen) atoms. The maximum Gasteiger partial charge on any atom is 0.416 e. The molecule has 170 valence electrons. The third kappa shape index (κ3) is 5.76. The summed E-state index contributed by atoms with van der Waals surface area (Å²) in [4.78, 5) is 26.0. The van der Waals surface area contributed by atoms with E-state index in [1.54, 1.807) is 17.0 Å². The van der Waals surface area contributed by atoms with Crippen LogP contribution in [0.3, 0.4) is 0 Å². The number of anilines is 1. The van der Waals surface area contributed by atoms with Crippen molar-refractivity contribution in [3.8, 4) is 0 Å². The first kappa shape index (κ1) is 23.5. The van der Waals surface area contributed by atoms with Crippen molar-refractivity contribution in [2.45, 2.75) is 38.0 Å². The van der Waals surface area contributed by atoms with E-state index < -0.39 is 23.1 Å². The average molecular weight is 465 g/mol. The predicted octanol–water partition coefficient (Wildman–Crippen LogP) is 3.59. The number of hydrogen-bond donors (Lipinski definition) is 3. The summed E-state index contributed by atoms with van der Waals surface area (Å²) in [6.45, 7) is 1.55. The molecule has 2 aromatic rings. The van der Waals surface area contributed by atoms with Crippen LogP contribution >= 0.6 is 11.8 Å². The molecule has 0 spiro atoms. The van der Waals surface area contributed by atoms with E-state index in [1.165, 1.54) is 19.1 Å². The van der Waals surface area contributed by atoms with E-state index >= 15 is 0 Å². The summed E-state index contributed by atoms with van der Waals surface area (Å²) in [5.41, 5.74) is 12.8. The molecule has 0 saturated carbocycles. The summed E-state index contributed by atoms with van der Waals surface area (Å²) in [5.74, 6) is -0.920. The Morgan fingerprint density at radius 1 is 1.03 bits per heavy atom. The van der Waals surface area contributed by atoms with Gasteiger partial charge in [0.1, 0.15) is 0 Å². The van der Waals surface area contributed by atoms with Gasteiger partial charge in [0.25, 0.3) is 5.91 Å². The number of hydrogen-bond acceptors (Lipinski definition) is 5. The molecule has 2 aromatic carbocycles. The quantitative estimate of drug-likeness (QED) is 0.544. The Morgan fingerprint density at radius 3 is 2.16 bits per heavy atom. The highest BCUT2D eigenvalue weighted by Crippen LogP contribution is 2.40. The fraction of sp³-hybridized carbons (Fsp3) is 0.273. The molecule has 3 rings (SSSR count). The van der Waals surface area contributed by atoms with Gasteiger partial charge in [-0.25, -0.2) is 0 Å². The Kier molecular flexibility index (Phi) is 7.02. The van der Waals surface area contributed by atoms with Crippen LogP contribution in [0, 0.1) is 0 Å². The minimum Gasteiger partial charge on any atom is -0.399 e. The highest BCUT2D eigenvalue weighted by Gasteiger charge is 2.35. The minimum atomic E-state index is -4.43. The zero-order valence-corrected chi connectivity index (χ0v) is 18.1. The number of nitrogens with two attached hydrogens (primary N) is 2. The maximum atomic E-state index is 12.9. The number of alkyl halides is 3. The second-order valence-electron chi connectivity index (χ2n) is 7.37. The van der Waals surface area contributed by atoms with Gasteiger partial charge in [-0.1, -0.05) is 36.0 Å². The third-order valence-electron chi connectivity index (χ3n) is 4.94. The molecule has 1 atom stereocenters. The molecule has 1 aliphatic rings. The van der Waals surface area contributed by atoms with Crippen LogP contribution < -0.4 is 16.8 Å². The van der Waals surface area contributed by atoms with Crippen molar-refractivity contribution < 1.29 is 22.8 Å². The molecule has 1 unspecified atom stereocenters. The summed E-state index contributed by atoms with van der Waals surface area (Å²) in [6, 6.07) is 12.1. The SMILES string of the molecule is CC(=O)NC1SC(C(N)=O)=C(CCc2ccc(N)cc2)N1Cc1ccc(C(F)(F)F)cc1. The molecule has 0 fully saturated rings. The molecule has 1 aliphatic heterocycles. The lowest BCUT2D eigenvalue weighted by Crippen LogP contribution is -2.41. The van der Waals surface area contributed by atoms with Gasteiger partial charge >= 0.3 is 6.18 Å². The maximum absolute atomic E-state index is 12.9. The topological polar surface area (TPSA) is 101 Å². The molecule has 0 saturated heterocycles. The van der Waals surface area contributed by atoms with Gasteiger partial charge in [0.2, 0.25) is 5.91 Å². The van der Waals surface area contributed by atoms with E-state index in [-0.39, 0.29) is 12.5 Å². The van der Waals surface area contributed by atoms with Crippen molar-refractivity contribution in [1.29, 1.82) is 0 Å². The van der Waals surface area contributed by atoms with Crippen LogP contribution in [0.15, 0.2) is 59.1 Å². The first-order chi connectivity index (χ1) is 15.0. The summed E-state index contributed by atoms with van der Waals surface area (Å²) in [6.07, 6.45) is -3.39. The zero-order valence-electron chi connectivity index (χ0n) is 17.3. The molecular formula is C22H23F3N4O2S. The van der Waals surface area contributed by atoms with E-state index in [0.717, 1.165) is 29.5 Å². The summed E-state index contributed by atoms with van der Waals surface area (Å²) < 4.78 is 38.7.